The summed E-state index contributed by atoms with van der Waals surface area (Å²) in [5, 5.41) is 0. The molecule has 1 aliphatic heterocycles. The van der Waals surface area contributed by atoms with Crippen LogP contribution in [0.25, 0.3) is 0 Å². The molecule has 3 rings (SSSR count). The molecule has 1 heterocycles. The van der Waals surface area contributed by atoms with Gasteiger partial charge in [0, 0.05) is 18.9 Å². The fraction of sp³-hybridized carbons (Fsp3) is 0.400. The highest BCUT2D eigenvalue weighted by molar-refractivity contribution is 6.52. The fourth-order valence-corrected chi connectivity index (χ4v) is 2.97. The zero-order chi connectivity index (χ0) is 14.3. The Bertz CT molecular complexity index is 611. The Morgan fingerprint density at radius 2 is 2.05 bits per heavy atom. The van der Waals surface area contributed by atoms with Crippen LogP contribution in [0.2, 0.25) is 0 Å². The number of amides is 1. The van der Waals surface area contributed by atoms with E-state index >= 15 is 0 Å². The van der Waals surface area contributed by atoms with Gasteiger partial charge >= 0.3 is 0 Å². The molecule has 1 aromatic rings. The summed E-state index contributed by atoms with van der Waals surface area (Å²) in [4.78, 5) is 36.7. The number of Topliss-reactive ketones (excluding diaryl/α,β-unsaturated/α-hetero) is 2. The molecule has 1 aliphatic carbocycles. The summed E-state index contributed by atoms with van der Waals surface area (Å²) in [6, 6.07) is 3.78. The van der Waals surface area contributed by atoms with Gasteiger partial charge in [0.2, 0.25) is 0 Å². The lowest BCUT2D eigenvalue weighted by Gasteiger charge is -2.18. The monoisotopic (exact) mass is 275 g/mol. The van der Waals surface area contributed by atoms with Gasteiger partial charge in [-0.3, -0.25) is 14.4 Å². The van der Waals surface area contributed by atoms with E-state index in [4.69, 9.17) is 0 Å². The van der Waals surface area contributed by atoms with Crippen LogP contribution >= 0.6 is 0 Å². The van der Waals surface area contributed by atoms with Gasteiger partial charge in [-0.25, -0.2) is 4.39 Å². The Kier molecular flexibility index (Phi) is 3.12. The summed E-state index contributed by atoms with van der Waals surface area (Å²) < 4.78 is 13.1. The van der Waals surface area contributed by atoms with Gasteiger partial charge in [0.15, 0.2) is 0 Å². The van der Waals surface area contributed by atoms with Crippen molar-refractivity contribution >= 4 is 23.2 Å². The van der Waals surface area contributed by atoms with E-state index in [1.54, 1.807) is 0 Å². The topological polar surface area (TPSA) is 54.5 Å². The Hall–Kier alpha value is -2.04. The van der Waals surface area contributed by atoms with Crippen LogP contribution in [0.1, 0.15) is 36.0 Å². The molecule has 0 bridgehead atoms. The number of rotatable bonds is 3. The SMILES string of the molecule is O=C1C(=O)N(CCC2CCCC2=O)c2ccc(F)cc21. The molecule has 1 aromatic carbocycles. The van der Waals surface area contributed by atoms with Crippen LogP contribution in [0.3, 0.4) is 0 Å². The number of hydrogen-bond donors (Lipinski definition) is 0. The largest absolute Gasteiger partial charge is 0.305 e. The molecule has 1 amide bonds. The highest BCUT2D eigenvalue weighted by Gasteiger charge is 2.36. The van der Waals surface area contributed by atoms with Gasteiger partial charge in [0.1, 0.15) is 11.6 Å². The molecular formula is C15H14FNO3. The second-order valence-corrected chi connectivity index (χ2v) is 5.29. The zero-order valence-electron chi connectivity index (χ0n) is 10.9. The van der Waals surface area contributed by atoms with E-state index in [2.05, 4.69) is 0 Å². The molecule has 104 valence electrons. The third kappa shape index (κ3) is 2.03. The minimum atomic E-state index is -0.669. The van der Waals surface area contributed by atoms with Crippen molar-refractivity contribution in [3.8, 4) is 0 Å². The van der Waals surface area contributed by atoms with E-state index in [-0.39, 0.29) is 17.3 Å². The Balaban J connectivity index is 1.79. The standard InChI is InChI=1S/C15H14FNO3/c16-10-4-5-12-11(8-10)14(19)15(20)17(12)7-6-9-2-1-3-13(9)18/h4-5,8-9H,1-3,6-7H2. The number of nitrogens with zero attached hydrogens (tertiary/aromatic N) is 1. The molecule has 0 N–H and O–H groups in total. The molecule has 20 heavy (non-hydrogen) atoms. The minimum absolute atomic E-state index is 0.0117. The molecule has 0 spiro atoms. The van der Waals surface area contributed by atoms with Crippen LogP contribution in [0.4, 0.5) is 10.1 Å². The first-order valence-electron chi connectivity index (χ1n) is 6.76. The molecule has 1 fully saturated rings. The lowest BCUT2D eigenvalue weighted by molar-refractivity contribution is -0.121. The molecule has 1 saturated carbocycles. The first kappa shape index (κ1) is 13.0. The average Bonchev–Trinajstić information content (AvgIpc) is 2.93. The normalized spacial score (nSPS) is 21.8. The molecule has 0 saturated heterocycles. The zero-order valence-corrected chi connectivity index (χ0v) is 10.9. The Morgan fingerprint density at radius 1 is 1.25 bits per heavy atom. The van der Waals surface area contributed by atoms with Gasteiger partial charge in [-0.05, 0) is 37.5 Å². The van der Waals surface area contributed by atoms with Gasteiger partial charge in [-0.1, -0.05) is 0 Å². The number of fused-ring (bicyclic) bond motifs is 1. The third-order valence-electron chi connectivity index (χ3n) is 4.07. The quantitative estimate of drug-likeness (QED) is 0.794. The maximum atomic E-state index is 13.1. The highest BCUT2D eigenvalue weighted by atomic mass is 19.1. The fourth-order valence-electron chi connectivity index (χ4n) is 2.97. The maximum Gasteiger partial charge on any atom is 0.299 e. The van der Waals surface area contributed by atoms with E-state index < -0.39 is 17.5 Å². The van der Waals surface area contributed by atoms with Crippen molar-refractivity contribution in [2.75, 3.05) is 11.4 Å². The predicted octanol–water partition coefficient (Wildman–Crippen LogP) is 2.11. The van der Waals surface area contributed by atoms with Crippen LogP contribution in [-0.2, 0) is 9.59 Å². The number of benzene rings is 1. The Labute approximate surface area is 115 Å². The molecule has 5 heteroatoms. The number of halogens is 1. The lowest BCUT2D eigenvalue weighted by atomic mass is 10.0. The smallest absolute Gasteiger partial charge is 0.299 e. The molecule has 1 unspecified atom stereocenters. The second kappa shape index (κ2) is 4.81. The van der Waals surface area contributed by atoms with Crippen molar-refractivity contribution in [2.24, 2.45) is 5.92 Å². The average molecular weight is 275 g/mol. The van der Waals surface area contributed by atoms with Gasteiger partial charge in [0.25, 0.3) is 11.7 Å². The lowest BCUT2D eigenvalue weighted by Crippen LogP contribution is -2.32. The third-order valence-corrected chi connectivity index (χ3v) is 4.07. The van der Waals surface area contributed by atoms with Crippen molar-refractivity contribution in [1.82, 2.24) is 0 Å². The molecule has 2 aliphatic rings. The van der Waals surface area contributed by atoms with Gasteiger partial charge in [-0.15, -0.1) is 0 Å². The molecule has 4 nitrogen and oxygen atoms in total. The van der Waals surface area contributed by atoms with E-state index in [0.29, 0.717) is 25.1 Å². The van der Waals surface area contributed by atoms with Crippen molar-refractivity contribution in [1.29, 1.82) is 0 Å². The van der Waals surface area contributed by atoms with E-state index in [9.17, 15) is 18.8 Å². The number of anilines is 1. The van der Waals surface area contributed by atoms with E-state index in [0.717, 1.165) is 18.9 Å². The van der Waals surface area contributed by atoms with Crippen molar-refractivity contribution in [2.45, 2.75) is 25.7 Å². The van der Waals surface area contributed by atoms with Crippen molar-refractivity contribution in [3.05, 3.63) is 29.6 Å². The van der Waals surface area contributed by atoms with Gasteiger partial charge < -0.3 is 4.90 Å². The van der Waals surface area contributed by atoms with Crippen molar-refractivity contribution in [3.63, 3.8) is 0 Å². The van der Waals surface area contributed by atoms with Crippen LogP contribution in [-0.4, -0.2) is 24.0 Å². The number of hydrogen-bond acceptors (Lipinski definition) is 3. The van der Waals surface area contributed by atoms with Gasteiger partial charge in [-0.2, -0.15) is 0 Å². The number of ketones is 2. The number of carbonyl (C=O) groups excluding carboxylic acids is 3. The van der Waals surface area contributed by atoms with Crippen LogP contribution in [0.5, 0.6) is 0 Å². The first-order chi connectivity index (χ1) is 9.58. The van der Waals surface area contributed by atoms with Gasteiger partial charge in [0.05, 0.1) is 11.3 Å². The summed E-state index contributed by atoms with van der Waals surface area (Å²) in [6.07, 6.45) is 2.93. The highest BCUT2D eigenvalue weighted by Crippen LogP contribution is 2.31. The van der Waals surface area contributed by atoms with Crippen LogP contribution in [0.15, 0.2) is 18.2 Å². The Morgan fingerprint density at radius 3 is 2.75 bits per heavy atom. The first-order valence-corrected chi connectivity index (χ1v) is 6.76. The number of carbonyl (C=O) groups is 3. The van der Waals surface area contributed by atoms with E-state index in [1.165, 1.54) is 17.0 Å². The van der Waals surface area contributed by atoms with Crippen molar-refractivity contribution < 1.29 is 18.8 Å². The summed E-state index contributed by atoms with van der Waals surface area (Å²) >= 11 is 0. The molecule has 0 radical (unpaired) electrons. The molecule has 0 aromatic heterocycles. The maximum absolute atomic E-state index is 13.1. The minimum Gasteiger partial charge on any atom is -0.305 e. The summed E-state index contributed by atoms with van der Waals surface area (Å²) in [6.45, 7) is 0.333. The molecular weight excluding hydrogens is 261 g/mol. The van der Waals surface area contributed by atoms with Crippen LogP contribution < -0.4 is 4.90 Å². The van der Waals surface area contributed by atoms with E-state index in [1.807, 2.05) is 0 Å². The summed E-state index contributed by atoms with van der Waals surface area (Å²) in [7, 11) is 0. The summed E-state index contributed by atoms with van der Waals surface area (Å²) in [5.74, 6) is -1.60. The summed E-state index contributed by atoms with van der Waals surface area (Å²) in [5.41, 5.74) is 0.569. The second-order valence-electron chi connectivity index (χ2n) is 5.29. The molecule has 1 atom stereocenters. The predicted molar refractivity (Wildman–Crippen MR) is 70.0 cm³/mol. The van der Waals surface area contributed by atoms with Crippen LogP contribution in [0, 0.1) is 11.7 Å².